The molecule has 16 heavy (non-hydrogen) atoms. The molecular formula is C12H15FO3. The minimum Gasteiger partial charge on any atom is -0.496 e. The number of benzene rings is 1. The summed E-state index contributed by atoms with van der Waals surface area (Å²) in [5.41, 5.74) is -0.498. The molecule has 0 amide bonds. The van der Waals surface area contributed by atoms with Gasteiger partial charge < -0.3 is 9.84 Å². The van der Waals surface area contributed by atoms with Gasteiger partial charge in [-0.3, -0.25) is 4.79 Å². The molecule has 1 aromatic rings. The molecule has 0 unspecified atom stereocenters. The van der Waals surface area contributed by atoms with Crippen molar-refractivity contribution < 1.29 is 19.0 Å². The second kappa shape index (κ2) is 4.51. The average Bonchev–Trinajstić information content (AvgIpc) is 2.14. The van der Waals surface area contributed by atoms with E-state index in [0.717, 1.165) is 0 Å². The van der Waals surface area contributed by atoms with E-state index in [1.807, 2.05) is 0 Å². The van der Waals surface area contributed by atoms with Crippen LogP contribution in [0.25, 0.3) is 0 Å². The van der Waals surface area contributed by atoms with E-state index < -0.39 is 17.2 Å². The van der Waals surface area contributed by atoms with Gasteiger partial charge in [-0.05, 0) is 12.1 Å². The average molecular weight is 226 g/mol. The molecule has 0 atom stereocenters. The summed E-state index contributed by atoms with van der Waals surface area (Å²) < 4.78 is 18.8. The molecule has 1 aromatic carbocycles. The topological polar surface area (TPSA) is 46.5 Å². The van der Waals surface area contributed by atoms with Gasteiger partial charge in [0.2, 0.25) is 0 Å². The molecule has 0 aliphatic heterocycles. The molecule has 0 fully saturated rings. The Kier molecular flexibility index (Phi) is 3.52. The first kappa shape index (κ1) is 12.5. The molecule has 1 rings (SSSR count). The zero-order valence-electron chi connectivity index (χ0n) is 9.58. The van der Waals surface area contributed by atoms with Gasteiger partial charge in [0.1, 0.15) is 11.6 Å². The van der Waals surface area contributed by atoms with Gasteiger partial charge in [0.15, 0.2) is 0 Å². The van der Waals surface area contributed by atoms with Gasteiger partial charge in [0.25, 0.3) is 0 Å². The fraction of sp³-hybridized carbons (Fsp3) is 0.417. The van der Waals surface area contributed by atoms with Crippen molar-refractivity contribution in [2.75, 3.05) is 7.11 Å². The van der Waals surface area contributed by atoms with Crippen LogP contribution in [0.15, 0.2) is 18.2 Å². The van der Waals surface area contributed by atoms with Crippen molar-refractivity contribution in [3.8, 4) is 5.75 Å². The number of ether oxygens (including phenoxy) is 1. The van der Waals surface area contributed by atoms with E-state index in [0.29, 0.717) is 11.3 Å². The summed E-state index contributed by atoms with van der Waals surface area (Å²) in [6.45, 7) is 3.37. The second-order valence-corrected chi connectivity index (χ2v) is 4.27. The molecule has 0 radical (unpaired) electrons. The van der Waals surface area contributed by atoms with Gasteiger partial charge in [-0.2, -0.15) is 0 Å². The Morgan fingerprint density at radius 2 is 2.12 bits per heavy atom. The fourth-order valence-corrected chi connectivity index (χ4v) is 1.80. The van der Waals surface area contributed by atoms with Crippen molar-refractivity contribution >= 4 is 5.97 Å². The smallest absolute Gasteiger partial charge is 0.304 e. The van der Waals surface area contributed by atoms with E-state index in [-0.39, 0.29) is 6.42 Å². The van der Waals surface area contributed by atoms with E-state index >= 15 is 0 Å². The zero-order valence-corrected chi connectivity index (χ0v) is 9.58. The van der Waals surface area contributed by atoms with Crippen molar-refractivity contribution in [3.05, 3.63) is 29.6 Å². The number of aliphatic carboxylic acids is 1. The SMILES string of the molecule is COc1cccc(F)c1C(C)(C)CC(=O)O. The van der Waals surface area contributed by atoms with E-state index in [1.165, 1.54) is 19.2 Å². The Labute approximate surface area is 93.9 Å². The van der Waals surface area contributed by atoms with Crippen LogP contribution in [0.1, 0.15) is 25.8 Å². The zero-order chi connectivity index (χ0) is 12.3. The summed E-state index contributed by atoms with van der Waals surface area (Å²) in [6.07, 6.45) is -0.149. The minimum atomic E-state index is -0.963. The fourth-order valence-electron chi connectivity index (χ4n) is 1.80. The number of hydrogen-bond donors (Lipinski definition) is 1. The quantitative estimate of drug-likeness (QED) is 0.858. The van der Waals surface area contributed by atoms with Crippen LogP contribution in [-0.4, -0.2) is 18.2 Å². The molecule has 0 spiro atoms. The molecule has 0 saturated carbocycles. The molecule has 0 aliphatic carbocycles. The number of methoxy groups -OCH3 is 1. The number of hydrogen-bond acceptors (Lipinski definition) is 2. The van der Waals surface area contributed by atoms with Crippen LogP contribution >= 0.6 is 0 Å². The van der Waals surface area contributed by atoms with Crippen molar-refractivity contribution in [2.45, 2.75) is 25.7 Å². The summed E-state index contributed by atoms with van der Waals surface area (Å²) in [7, 11) is 1.44. The van der Waals surface area contributed by atoms with Crippen LogP contribution in [0.4, 0.5) is 4.39 Å². The van der Waals surface area contributed by atoms with Crippen LogP contribution < -0.4 is 4.74 Å². The lowest BCUT2D eigenvalue weighted by molar-refractivity contribution is -0.138. The van der Waals surface area contributed by atoms with Gasteiger partial charge >= 0.3 is 5.97 Å². The van der Waals surface area contributed by atoms with Crippen LogP contribution in [0.2, 0.25) is 0 Å². The monoisotopic (exact) mass is 226 g/mol. The highest BCUT2D eigenvalue weighted by Crippen LogP contribution is 2.36. The molecular weight excluding hydrogens is 211 g/mol. The highest BCUT2D eigenvalue weighted by Gasteiger charge is 2.30. The Balaban J connectivity index is 3.24. The number of rotatable bonds is 4. The summed E-state index contributed by atoms with van der Waals surface area (Å²) in [5, 5.41) is 8.80. The molecule has 3 nitrogen and oxygen atoms in total. The van der Waals surface area contributed by atoms with Gasteiger partial charge in [-0.15, -0.1) is 0 Å². The van der Waals surface area contributed by atoms with Crippen LogP contribution in [0, 0.1) is 5.82 Å². The molecule has 88 valence electrons. The molecule has 1 N–H and O–H groups in total. The summed E-state index contributed by atoms with van der Waals surface area (Å²) in [5.74, 6) is -1.02. The summed E-state index contributed by atoms with van der Waals surface area (Å²) in [6, 6.07) is 4.47. The van der Waals surface area contributed by atoms with E-state index in [1.54, 1.807) is 19.9 Å². The van der Waals surface area contributed by atoms with E-state index in [2.05, 4.69) is 0 Å². The molecule has 0 aromatic heterocycles. The molecule has 4 heteroatoms. The van der Waals surface area contributed by atoms with Gasteiger partial charge in [0.05, 0.1) is 13.5 Å². The predicted octanol–water partition coefficient (Wildman–Crippen LogP) is 2.59. The van der Waals surface area contributed by atoms with Crippen molar-refractivity contribution in [3.63, 3.8) is 0 Å². The van der Waals surface area contributed by atoms with Gasteiger partial charge in [-0.25, -0.2) is 4.39 Å². The van der Waals surface area contributed by atoms with E-state index in [9.17, 15) is 9.18 Å². The number of carbonyl (C=O) groups is 1. The first-order valence-electron chi connectivity index (χ1n) is 4.93. The first-order chi connectivity index (χ1) is 7.38. The van der Waals surface area contributed by atoms with Gasteiger partial charge in [0, 0.05) is 11.0 Å². The maximum Gasteiger partial charge on any atom is 0.304 e. The maximum atomic E-state index is 13.7. The summed E-state index contributed by atoms with van der Waals surface area (Å²) >= 11 is 0. The van der Waals surface area contributed by atoms with Crippen LogP contribution in [0.5, 0.6) is 5.75 Å². The number of carboxylic acids is 1. The predicted molar refractivity (Wildman–Crippen MR) is 58.2 cm³/mol. The van der Waals surface area contributed by atoms with Crippen molar-refractivity contribution in [2.24, 2.45) is 0 Å². The third kappa shape index (κ3) is 2.51. The Morgan fingerprint density at radius 1 is 1.50 bits per heavy atom. The van der Waals surface area contributed by atoms with Crippen LogP contribution in [0.3, 0.4) is 0 Å². The highest BCUT2D eigenvalue weighted by molar-refractivity contribution is 5.69. The standard InChI is InChI=1S/C12H15FO3/c1-12(2,7-10(14)15)11-8(13)5-4-6-9(11)16-3/h4-6H,7H2,1-3H3,(H,14,15). The summed E-state index contributed by atoms with van der Waals surface area (Å²) in [4.78, 5) is 10.7. The van der Waals surface area contributed by atoms with Gasteiger partial charge in [-0.1, -0.05) is 19.9 Å². The van der Waals surface area contributed by atoms with Crippen molar-refractivity contribution in [1.29, 1.82) is 0 Å². The first-order valence-corrected chi connectivity index (χ1v) is 4.93. The number of halogens is 1. The second-order valence-electron chi connectivity index (χ2n) is 4.27. The maximum absolute atomic E-state index is 13.7. The largest absolute Gasteiger partial charge is 0.496 e. The van der Waals surface area contributed by atoms with Crippen molar-refractivity contribution in [1.82, 2.24) is 0 Å². The number of carboxylic acid groups (broad SMARTS) is 1. The molecule has 0 bridgehead atoms. The highest BCUT2D eigenvalue weighted by atomic mass is 19.1. The third-order valence-electron chi connectivity index (χ3n) is 2.47. The van der Waals surface area contributed by atoms with E-state index in [4.69, 9.17) is 9.84 Å². The Hall–Kier alpha value is -1.58. The molecule has 0 heterocycles. The molecule has 0 saturated heterocycles. The molecule has 0 aliphatic rings. The normalized spacial score (nSPS) is 11.2. The minimum absolute atomic E-state index is 0.149. The lowest BCUT2D eigenvalue weighted by Crippen LogP contribution is -2.24. The Morgan fingerprint density at radius 3 is 2.62 bits per heavy atom. The lowest BCUT2D eigenvalue weighted by atomic mass is 9.80. The third-order valence-corrected chi connectivity index (χ3v) is 2.47. The van der Waals surface area contributed by atoms with Crippen LogP contribution in [-0.2, 0) is 10.2 Å². The Bertz CT molecular complexity index is 399. The lowest BCUT2D eigenvalue weighted by Gasteiger charge is -2.25.